The van der Waals surface area contributed by atoms with E-state index in [-0.39, 0.29) is 0 Å². The Bertz CT molecular complexity index is 316. The van der Waals surface area contributed by atoms with Crippen molar-refractivity contribution < 1.29 is 4.74 Å². The molecule has 2 atom stereocenters. The number of hydrogen-bond acceptors (Lipinski definition) is 2. The van der Waals surface area contributed by atoms with Crippen LogP contribution in [0, 0.1) is 5.92 Å². The van der Waals surface area contributed by atoms with Gasteiger partial charge in [-0.15, -0.1) is 0 Å². The Balaban J connectivity index is 2.12. The second kappa shape index (κ2) is 4.43. The van der Waals surface area contributed by atoms with Crippen LogP contribution in [0.25, 0.3) is 0 Å². The Hall–Kier alpha value is -0.380. The molecule has 1 saturated heterocycles. The topological polar surface area (TPSA) is 21.3 Å². The summed E-state index contributed by atoms with van der Waals surface area (Å²) in [5.41, 5.74) is 1.33. The number of methoxy groups -OCH3 is 1. The van der Waals surface area contributed by atoms with Crippen LogP contribution in [0.15, 0.2) is 28.7 Å². The summed E-state index contributed by atoms with van der Waals surface area (Å²) in [7, 11) is 1.76. The van der Waals surface area contributed by atoms with Crippen molar-refractivity contribution in [3.63, 3.8) is 0 Å². The maximum absolute atomic E-state index is 5.18. The molecule has 1 N–H and O–H groups in total. The molecule has 1 aliphatic heterocycles. The third kappa shape index (κ3) is 1.85. The Labute approximate surface area is 92.8 Å². The van der Waals surface area contributed by atoms with Crippen LogP contribution in [0.4, 0.5) is 0 Å². The molecule has 2 unspecified atom stereocenters. The highest BCUT2D eigenvalue weighted by atomic mass is 79.9. The van der Waals surface area contributed by atoms with E-state index in [4.69, 9.17) is 4.74 Å². The molecule has 14 heavy (non-hydrogen) atoms. The van der Waals surface area contributed by atoms with E-state index in [0.29, 0.717) is 12.0 Å². The fraction of sp³-hybridized carbons (Fsp3) is 0.455. The zero-order valence-corrected chi connectivity index (χ0v) is 9.75. The van der Waals surface area contributed by atoms with Crippen LogP contribution >= 0.6 is 15.9 Å². The summed E-state index contributed by atoms with van der Waals surface area (Å²) in [6, 6.07) is 8.80. The monoisotopic (exact) mass is 255 g/mol. The lowest BCUT2D eigenvalue weighted by atomic mass is 9.87. The van der Waals surface area contributed by atoms with Gasteiger partial charge in [-0.05, 0) is 11.6 Å². The fourth-order valence-electron chi connectivity index (χ4n) is 1.86. The predicted octanol–water partition coefficient (Wildman–Crippen LogP) is 2.36. The molecule has 2 nitrogen and oxygen atoms in total. The van der Waals surface area contributed by atoms with E-state index in [0.717, 1.165) is 13.2 Å². The van der Waals surface area contributed by atoms with Gasteiger partial charge in [-0.25, -0.2) is 0 Å². The van der Waals surface area contributed by atoms with Gasteiger partial charge in [0.1, 0.15) is 0 Å². The molecule has 3 heteroatoms. The first-order chi connectivity index (χ1) is 6.83. The molecular weight excluding hydrogens is 242 g/mol. The van der Waals surface area contributed by atoms with Crippen molar-refractivity contribution in [2.24, 2.45) is 5.92 Å². The van der Waals surface area contributed by atoms with E-state index < -0.39 is 0 Å². The first-order valence-electron chi connectivity index (χ1n) is 4.79. The van der Waals surface area contributed by atoms with Crippen molar-refractivity contribution in [1.29, 1.82) is 0 Å². The zero-order chi connectivity index (χ0) is 9.97. The summed E-state index contributed by atoms with van der Waals surface area (Å²) in [5, 5.41) is 3.43. The number of halogens is 1. The van der Waals surface area contributed by atoms with Crippen LogP contribution in [-0.2, 0) is 4.74 Å². The fourth-order valence-corrected chi connectivity index (χ4v) is 2.39. The lowest BCUT2D eigenvalue weighted by Gasteiger charge is -2.38. The number of rotatable bonds is 3. The molecule has 0 aromatic heterocycles. The molecule has 0 aliphatic carbocycles. The van der Waals surface area contributed by atoms with E-state index in [1.54, 1.807) is 7.11 Å². The molecule has 0 spiro atoms. The Morgan fingerprint density at radius 3 is 2.86 bits per heavy atom. The van der Waals surface area contributed by atoms with Gasteiger partial charge in [-0.1, -0.05) is 34.1 Å². The molecule has 1 heterocycles. The van der Waals surface area contributed by atoms with Gasteiger partial charge < -0.3 is 10.1 Å². The van der Waals surface area contributed by atoms with Crippen LogP contribution in [-0.4, -0.2) is 20.3 Å². The van der Waals surface area contributed by atoms with Crippen molar-refractivity contribution in [2.75, 3.05) is 20.3 Å². The maximum Gasteiger partial charge on any atom is 0.0520 e. The first-order valence-corrected chi connectivity index (χ1v) is 5.59. The summed E-state index contributed by atoms with van der Waals surface area (Å²) in [4.78, 5) is 0. The number of benzene rings is 1. The molecule has 0 bridgehead atoms. The molecule has 0 amide bonds. The normalized spacial score (nSPS) is 25.9. The van der Waals surface area contributed by atoms with Crippen molar-refractivity contribution in [3.05, 3.63) is 34.3 Å². The van der Waals surface area contributed by atoms with Crippen LogP contribution < -0.4 is 5.32 Å². The Kier molecular flexibility index (Phi) is 3.21. The lowest BCUT2D eigenvalue weighted by molar-refractivity contribution is 0.0881. The SMILES string of the molecule is COCC1CNC1c1ccccc1Br. The summed E-state index contributed by atoms with van der Waals surface area (Å²) >= 11 is 3.57. The van der Waals surface area contributed by atoms with Gasteiger partial charge in [-0.2, -0.15) is 0 Å². The highest BCUT2D eigenvalue weighted by molar-refractivity contribution is 9.10. The van der Waals surface area contributed by atoms with Gasteiger partial charge in [0.25, 0.3) is 0 Å². The summed E-state index contributed by atoms with van der Waals surface area (Å²) in [6.45, 7) is 1.89. The smallest absolute Gasteiger partial charge is 0.0520 e. The largest absolute Gasteiger partial charge is 0.384 e. The Morgan fingerprint density at radius 2 is 2.29 bits per heavy atom. The van der Waals surface area contributed by atoms with Crippen LogP contribution in [0.5, 0.6) is 0 Å². The van der Waals surface area contributed by atoms with Gasteiger partial charge in [0, 0.05) is 30.1 Å². The van der Waals surface area contributed by atoms with Gasteiger partial charge in [0.2, 0.25) is 0 Å². The average Bonchev–Trinajstić information content (AvgIpc) is 2.16. The highest BCUT2D eigenvalue weighted by Gasteiger charge is 2.32. The van der Waals surface area contributed by atoms with E-state index in [2.05, 4.69) is 39.4 Å². The van der Waals surface area contributed by atoms with E-state index in [1.807, 2.05) is 6.07 Å². The third-order valence-corrected chi connectivity index (χ3v) is 3.41. The maximum atomic E-state index is 5.18. The second-order valence-electron chi connectivity index (χ2n) is 3.62. The first kappa shape index (κ1) is 10.1. The van der Waals surface area contributed by atoms with E-state index in [9.17, 15) is 0 Å². The van der Waals surface area contributed by atoms with Crippen molar-refractivity contribution in [2.45, 2.75) is 6.04 Å². The minimum atomic E-state index is 0.450. The number of nitrogens with one attached hydrogen (secondary N) is 1. The van der Waals surface area contributed by atoms with E-state index >= 15 is 0 Å². The van der Waals surface area contributed by atoms with Crippen molar-refractivity contribution >= 4 is 15.9 Å². The third-order valence-electron chi connectivity index (χ3n) is 2.69. The van der Waals surface area contributed by atoms with Crippen LogP contribution in [0.3, 0.4) is 0 Å². The molecule has 0 saturated carbocycles. The molecular formula is C11H14BrNO. The highest BCUT2D eigenvalue weighted by Crippen LogP contribution is 2.33. The molecule has 1 aromatic carbocycles. The van der Waals surface area contributed by atoms with Crippen molar-refractivity contribution in [3.8, 4) is 0 Å². The summed E-state index contributed by atoms with van der Waals surface area (Å²) < 4.78 is 6.36. The standard InChI is InChI=1S/C11H14BrNO/c1-14-7-8-6-13-11(8)9-4-2-3-5-10(9)12/h2-5,8,11,13H,6-7H2,1H3. The summed E-state index contributed by atoms with van der Waals surface area (Å²) in [5.74, 6) is 0.610. The van der Waals surface area contributed by atoms with E-state index in [1.165, 1.54) is 10.0 Å². The minimum Gasteiger partial charge on any atom is -0.384 e. The van der Waals surface area contributed by atoms with Gasteiger partial charge in [0.05, 0.1) is 6.61 Å². The Morgan fingerprint density at radius 1 is 1.50 bits per heavy atom. The van der Waals surface area contributed by atoms with Gasteiger partial charge in [0.15, 0.2) is 0 Å². The predicted molar refractivity (Wildman–Crippen MR) is 60.3 cm³/mol. The van der Waals surface area contributed by atoms with Gasteiger partial charge in [-0.3, -0.25) is 0 Å². The quantitative estimate of drug-likeness (QED) is 0.896. The number of ether oxygens (including phenoxy) is 1. The molecule has 0 radical (unpaired) electrons. The molecule has 1 aliphatic rings. The molecule has 1 aromatic rings. The summed E-state index contributed by atoms with van der Waals surface area (Å²) in [6.07, 6.45) is 0. The zero-order valence-electron chi connectivity index (χ0n) is 8.16. The molecule has 2 rings (SSSR count). The van der Waals surface area contributed by atoms with Crippen LogP contribution in [0.2, 0.25) is 0 Å². The van der Waals surface area contributed by atoms with Gasteiger partial charge >= 0.3 is 0 Å². The molecule has 1 fully saturated rings. The van der Waals surface area contributed by atoms with Crippen molar-refractivity contribution in [1.82, 2.24) is 5.32 Å². The lowest BCUT2D eigenvalue weighted by Crippen LogP contribution is -2.47. The molecule has 76 valence electrons. The second-order valence-corrected chi connectivity index (χ2v) is 4.48. The minimum absolute atomic E-state index is 0.450. The van der Waals surface area contributed by atoms with Crippen LogP contribution in [0.1, 0.15) is 11.6 Å². The average molecular weight is 256 g/mol. The number of hydrogen-bond donors (Lipinski definition) is 1.